The van der Waals surface area contributed by atoms with Gasteiger partial charge in [-0.05, 0) is 36.8 Å². The van der Waals surface area contributed by atoms with E-state index in [2.05, 4.69) is 0 Å². The Morgan fingerprint density at radius 1 is 0.933 bits per heavy atom. The molecule has 1 saturated heterocycles. The van der Waals surface area contributed by atoms with Crippen molar-refractivity contribution in [1.82, 2.24) is 4.90 Å². The number of anilines is 1. The minimum atomic E-state index is -0.842. The van der Waals surface area contributed by atoms with E-state index >= 15 is 0 Å². The average molecular weight is 398 g/mol. The first-order chi connectivity index (χ1) is 14.5. The van der Waals surface area contributed by atoms with Gasteiger partial charge in [0.05, 0.1) is 12.1 Å². The maximum Gasteiger partial charge on any atom is 0.257 e. The Bertz CT molecular complexity index is 1080. The van der Waals surface area contributed by atoms with Gasteiger partial charge in [0, 0.05) is 12.1 Å². The highest BCUT2D eigenvalue weighted by atomic mass is 16.2. The zero-order valence-corrected chi connectivity index (χ0v) is 16.7. The molecule has 0 radical (unpaired) electrons. The van der Waals surface area contributed by atoms with Gasteiger partial charge < -0.3 is 4.90 Å². The first kappa shape index (κ1) is 19.6. The molecule has 0 spiro atoms. The number of nitrogens with zero attached hydrogens (tertiary/aromatic N) is 2. The lowest BCUT2D eigenvalue weighted by molar-refractivity contribution is -0.122. The minimum Gasteiger partial charge on any atom is -0.322 e. The van der Waals surface area contributed by atoms with Crippen LogP contribution < -0.4 is 4.90 Å². The highest BCUT2D eigenvalue weighted by molar-refractivity contribution is 6.23. The summed E-state index contributed by atoms with van der Waals surface area (Å²) in [5.41, 5.74) is 2.89. The molecule has 0 saturated carbocycles. The van der Waals surface area contributed by atoms with E-state index in [9.17, 15) is 14.4 Å². The molecule has 30 heavy (non-hydrogen) atoms. The molecule has 0 aliphatic carbocycles. The fraction of sp³-hybridized carbons (Fsp3) is 0.160. The normalized spacial score (nSPS) is 16.0. The monoisotopic (exact) mass is 398 g/mol. The summed E-state index contributed by atoms with van der Waals surface area (Å²) in [5, 5.41) is 0. The van der Waals surface area contributed by atoms with Crippen LogP contribution >= 0.6 is 0 Å². The van der Waals surface area contributed by atoms with Gasteiger partial charge in [-0.3, -0.25) is 14.4 Å². The van der Waals surface area contributed by atoms with Crippen molar-refractivity contribution < 1.29 is 14.4 Å². The Labute approximate surface area is 175 Å². The van der Waals surface area contributed by atoms with Crippen molar-refractivity contribution >= 4 is 23.4 Å². The predicted molar refractivity (Wildman–Crippen MR) is 115 cm³/mol. The maximum absolute atomic E-state index is 13.4. The summed E-state index contributed by atoms with van der Waals surface area (Å²) in [4.78, 5) is 42.1. The van der Waals surface area contributed by atoms with Gasteiger partial charge in [-0.2, -0.15) is 0 Å². The second-order valence-corrected chi connectivity index (χ2v) is 7.41. The Hall–Kier alpha value is -3.73. The number of carbonyl (C=O) groups is 3. The summed E-state index contributed by atoms with van der Waals surface area (Å²) in [6.07, 6.45) is -0.0296. The average Bonchev–Trinajstić information content (AvgIpc) is 3.06. The fourth-order valence-electron chi connectivity index (χ4n) is 3.76. The summed E-state index contributed by atoms with van der Waals surface area (Å²) in [6.45, 7) is 2.17. The molecule has 5 heteroatoms. The molecule has 1 atom stereocenters. The molecule has 1 aliphatic rings. The fourth-order valence-corrected chi connectivity index (χ4v) is 3.76. The first-order valence-corrected chi connectivity index (χ1v) is 9.88. The third-order valence-electron chi connectivity index (χ3n) is 5.24. The molecule has 1 heterocycles. The van der Waals surface area contributed by atoms with Crippen LogP contribution in [-0.2, 0) is 16.1 Å². The van der Waals surface area contributed by atoms with E-state index < -0.39 is 6.04 Å². The Kier molecular flexibility index (Phi) is 5.44. The van der Waals surface area contributed by atoms with E-state index in [0.29, 0.717) is 11.3 Å². The van der Waals surface area contributed by atoms with Gasteiger partial charge >= 0.3 is 0 Å². The topological polar surface area (TPSA) is 57.7 Å². The summed E-state index contributed by atoms with van der Waals surface area (Å²) in [5.74, 6) is -0.932. The van der Waals surface area contributed by atoms with Gasteiger partial charge in [0.15, 0.2) is 0 Å². The molecular formula is C25H22N2O3. The van der Waals surface area contributed by atoms with Gasteiger partial charge in [0.25, 0.3) is 11.8 Å². The molecule has 3 aromatic rings. The molecule has 0 bridgehead atoms. The molecule has 0 aromatic heterocycles. The van der Waals surface area contributed by atoms with Gasteiger partial charge in [-0.25, -0.2) is 4.90 Å². The van der Waals surface area contributed by atoms with Gasteiger partial charge in [0.1, 0.15) is 6.04 Å². The molecule has 1 fully saturated rings. The summed E-state index contributed by atoms with van der Waals surface area (Å²) in [7, 11) is 0. The van der Waals surface area contributed by atoms with E-state index in [1.807, 2.05) is 55.5 Å². The third-order valence-corrected chi connectivity index (χ3v) is 5.24. The molecule has 3 aromatic carbocycles. The van der Waals surface area contributed by atoms with Crippen molar-refractivity contribution in [2.45, 2.75) is 25.9 Å². The number of carbonyl (C=O) groups excluding carboxylic acids is 3. The molecule has 0 N–H and O–H groups in total. The quantitative estimate of drug-likeness (QED) is 0.611. The van der Waals surface area contributed by atoms with E-state index in [0.717, 1.165) is 11.1 Å². The third kappa shape index (κ3) is 3.87. The maximum atomic E-state index is 13.4. The summed E-state index contributed by atoms with van der Waals surface area (Å²) < 4.78 is 0. The van der Waals surface area contributed by atoms with Crippen LogP contribution in [-0.4, -0.2) is 28.7 Å². The summed E-state index contributed by atoms with van der Waals surface area (Å²) in [6, 6.07) is 24.8. The number of para-hydroxylation sites is 1. The number of amides is 3. The van der Waals surface area contributed by atoms with Crippen LogP contribution in [0.25, 0.3) is 0 Å². The molecule has 5 nitrogen and oxygen atoms in total. The van der Waals surface area contributed by atoms with Crippen molar-refractivity contribution in [3.63, 3.8) is 0 Å². The molecule has 1 aliphatic heterocycles. The van der Waals surface area contributed by atoms with Crippen molar-refractivity contribution in [2.75, 3.05) is 4.90 Å². The van der Waals surface area contributed by atoms with Crippen LogP contribution in [0.5, 0.6) is 0 Å². The van der Waals surface area contributed by atoms with Gasteiger partial charge in [-0.15, -0.1) is 0 Å². The van der Waals surface area contributed by atoms with Crippen molar-refractivity contribution in [3.05, 3.63) is 102 Å². The van der Waals surface area contributed by atoms with Crippen LogP contribution in [0.2, 0.25) is 0 Å². The number of imide groups is 1. The number of hydrogen-bond acceptors (Lipinski definition) is 3. The SMILES string of the molecule is Cc1cccc(C(=O)N(Cc2ccccc2)C2CC(=O)N(c3ccccc3)C2=O)c1. The molecule has 1 unspecified atom stereocenters. The highest BCUT2D eigenvalue weighted by Gasteiger charge is 2.44. The second kappa shape index (κ2) is 8.33. The number of rotatable bonds is 5. The van der Waals surface area contributed by atoms with Crippen molar-refractivity contribution in [2.24, 2.45) is 0 Å². The Morgan fingerprint density at radius 2 is 1.60 bits per heavy atom. The number of benzene rings is 3. The van der Waals surface area contributed by atoms with Gasteiger partial charge in [0.2, 0.25) is 5.91 Å². The predicted octanol–water partition coefficient (Wildman–Crippen LogP) is 3.97. The molecule has 4 rings (SSSR count). The summed E-state index contributed by atoms with van der Waals surface area (Å²) >= 11 is 0. The smallest absolute Gasteiger partial charge is 0.257 e. The largest absolute Gasteiger partial charge is 0.322 e. The standard InChI is InChI=1S/C25H22N2O3/c1-18-9-8-12-20(15-18)24(29)26(17-19-10-4-2-5-11-19)22-16-23(28)27(25(22)30)21-13-6-3-7-14-21/h2-15,22H,16-17H2,1H3. The minimum absolute atomic E-state index is 0.0296. The number of aryl methyl sites for hydroxylation is 1. The number of hydrogen-bond donors (Lipinski definition) is 0. The van der Waals surface area contributed by atoms with E-state index in [1.165, 1.54) is 9.80 Å². The van der Waals surface area contributed by atoms with E-state index in [1.54, 1.807) is 36.4 Å². The Morgan fingerprint density at radius 3 is 2.27 bits per heavy atom. The molecular weight excluding hydrogens is 376 g/mol. The van der Waals surface area contributed by atoms with E-state index in [4.69, 9.17) is 0 Å². The van der Waals surface area contributed by atoms with Crippen LogP contribution in [0.3, 0.4) is 0 Å². The molecule has 150 valence electrons. The van der Waals surface area contributed by atoms with Crippen LogP contribution in [0.4, 0.5) is 5.69 Å². The van der Waals surface area contributed by atoms with Crippen LogP contribution in [0, 0.1) is 6.92 Å². The van der Waals surface area contributed by atoms with Crippen molar-refractivity contribution in [3.8, 4) is 0 Å². The zero-order valence-electron chi connectivity index (χ0n) is 16.7. The van der Waals surface area contributed by atoms with Gasteiger partial charge in [-0.1, -0.05) is 66.2 Å². The lowest BCUT2D eigenvalue weighted by Crippen LogP contribution is -2.45. The van der Waals surface area contributed by atoms with Crippen LogP contribution in [0.1, 0.15) is 27.9 Å². The lowest BCUT2D eigenvalue weighted by Gasteiger charge is -2.28. The Balaban J connectivity index is 1.69. The first-order valence-electron chi connectivity index (χ1n) is 9.88. The van der Waals surface area contributed by atoms with E-state index in [-0.39, 0.29) is 30.7 Å². The second-order valence-electron chi connectivity index (χ2n) is 7.41. The lowest BCUT2D eigenvalue weighted by atomic mass is 10.1. The van der Waals surface area contributed by atoms with Crippen molar-refractivity contribution in [1.29, 1.82) is 0 Å². The molecule has 3 amide bonds. The highest BCUT2D eigenvalue weighted by Crippen LogP contribution is 2.27. The zero-order chi connectivity index (χ0) is 21.1. The van der Waals surface area contributed by atoms with Crippen LogP contribution in [0.15, 0.2) is 84.9 Å².